The highest BCUT2D eigenvalue weighted by Crippen LogP contribution is 2.21. The fourth-order valence-electron chi connectivity index (χ4n) is 1.93. The Bertz CT molecular complexity index is 700. The minimum atomic E-state index is -1.08. The van der Waals surface area contributed by atoms with Crippen LogP contribution in [0.15, 0.2) is 16.8 Å². The molecule has 0 aliphatic heterocycles. The lowest BCUT2D eigenvalue weighted by molar-refractivity contribution is -0.142. The van der Waals surface area contributed by atoms with Crippen molar-refractivity contribution in [2.75, 3.05) is 0 Å². The first-order valence-electron chi connectivity index (χ1n) is 6.46. The van der Waals surface area contributed by atoms with Gasteiger partial charge in [0, 0.05) is 6.20 Å². The van der Waals surface area contributed by atoms with Crippen molar-refractivity contribution in [2.45, 2.75) is 33.7 Å². The Hall–Kier alpha value is -2.44. The summed E-state index contributed by atoms with van der Waals surface area (Å²) < 4.78 is 4.97. The van der Waals surface area contributed by atoms with Crippen LogP contribution in [0.5, 0.6) is 0 Å². The van der Waals surface area contributed by atoms with Crippen LogP contribution in [0.25, 0.3) is 11.1 Å². The number of carboxylic acid groups (broad SMARTS) is 1. The van der Waals surface area contributed by atoms with Gasteiger partial charge in [-0.3, -0.25) is 4.79 Å². The number of carbonyl (C=O) groups is 2. The summed E-state index contributed by atoms with van der Waals surface area (Å²) in [6, 6.07) is 0.592. The molecule has 2 heterocycles. The molecule has 112 valence electrons. The molecule has 7 nitrogen and oxygen atoms in total. The smallest absolute Gasteiger partial charge is 0.326 e. The molecule has 2 aromatic heterocycles. The summed E-state index contributed by atoms with van der Waals surface area (Å²) in [6.07, 6.45) is 1.34. The van der Waals surface area contributed by atoms with E-state index in [0.29, 0.717) is 16.8 Å². The first kappa shape index (κ1) is 15.0. The van der Waals surface area contributed by atoms with Gasteiger partial charge < -0.3 is 14.9 Å². The zero-order chi connectivity index (χ0) is 15.8. The zero-order valence-electron chi connectivity index (χ0n) is 12.3. The lowest BCUT2D eigenvalue weighted by Crippen LogP contribution is -2.49. The van der Waals surface area contributed by atoms with E-state index in [9.17, 15) is 14.7 Å². The number of fused-ring (bicyclic) bond motifs is 1. The van der Waals surface area contributed by atoms with Crippen LogP contribution in [0.2, 0.25) is 0 Å². The highest BCUT2D eigenvalue weighted by Gasteiger charge is 2.32. The van der Waals surface area contributed by atoms with E-state index in [0.717, 1.165) is 0 Å². The van der Waals surface area contributed by atoms with Gasteiger partial charge in [-0.2, -0.15) is 0 Å². The summed E-state index contributed by atoms with van der Waals surface area (Å²) in [5.74, 6) is -1.57. The fourth-order valence-corrected chi connectivity index (χ4v) is 1.93. The van der Waals surface area contributed by atoms with Crippen molar-refractivity contribution < 1.29 is 19.2 Å². The van der Waals surface area contributed by atoms with Gasteiger partial charge in [-0.25, -0.2) is 9.78 Å². The molecule has 1 amide bonds. The van der Waals surface area contributed by atoms with E-state index < -0.39 is 23.3 Å². The second-order valence-corrected chi connectivity index (χ2v) is 5.96. The van der Waals surface area contributed by atoms with Crippen molar-refractivity contribution >= 4 is 23.0 Å². The van der Waals surface area contributed by atoms with Gasteiger partial charge in [0.2, 0.25) is 0 Å². The average Bonchev–Trinajstić information content (AvgIpc) is 2.75. The topological polar surface area (TPSA) is 105 Å². The minimum absolute atomic E-state index is 0.268. The Morgan fingerprint density at radius 2 is 2.05 bits per heavy atom. The van der Waals surface area contributed by atoms with Crippen molar-refractivity contribution in [1.82, 2.24) is 15.5 Å². The van der Waals surface area contributed by atoms with Crippen LogP contribution in [0.4, 0.5) is 0 Å². The predicted octanol–water partition coefficient (Wildman–Crippen LogP) is 1.76. The number of pyridine rings is 1. The van der Waals surface area contributed by atoms with Gasteiger partial charge in [-0.15, -0.1) is 0 Å². The highest BCUT2D eigenvalue weighted by atomic mass is 16.5. The number of aryl methyl sites for hydroxylation is 1. The van der Waals surface area contributed by atoms with Gasteiger partial charge >= 0.3 is 5.97 Å². The fraction of sp³-hybridized carbons (Fsp3) is 0.429. The molecule has 1 atom stereocenters. The van der Waals surface area contributed by atoms with Gasteiger partial charge in [0.05, 0.1) is 16.6 Å². The normalized spacial score (nSPS) is 13.1. The Labute approximate surface area is 121 Å². The van der Waals surface area contributed by atoms with Crippen molar-refractivity contribution in [3.8, 4) is 0 Å². The summed E-state index contributed by atoms with van der Waals surface area (Å²) >= 11 is 0. The van der Waals surface area contributed by atoms with E-state index >= 15 is 0 Å². The maximum absolute atomic E-state index is 12.2. The summed E-state index contributed by atoms with van der Waals surface area (Å²) in [5, 5.41) is 16.1. The van der Waals surface area contributed by atoms with Crippen LogP contribution in [0.3, 0.4) is 0 Å². The third-order valence-electron chi connectivity index (χ3n) is 3.16. The molecule has 1 unspecified atom stereocenters. The molecule has 0 fully saturated rings. The lowest BCUT2D eigenvalue weighted by Gasteiger charge is -2.27. The number of amides is 1. The van der Waals surface area contributed by atoms with E-state index in [1.54, 1.807) is 33.8 Å². The van der Waals surface area contributed by atoms with Gasteiger partial charge in [0.25, 0.3) is 11.6 Å². The number of carbonyl (C=O) groups excluding carboxylic acids is 1. The molecule has 0 aliphatic carbocycles. The third-order valence-corrected chi connectivity index (χ3v) is 3.16. The number of aromatic nitrogens is 2. The average molecular weight is 291 g/mol. The monoisotopic (exact) mass is 291 g/mol. The molecule has 0 saturated carbocycles. The molecule has 0 bridgehead atoms. The second kappa shape index (κ2) is 5.16. The summed E-state index contributed by atoms with van der Waals surface area (Å²) in [6.45, 7) is 6.98. The van der Waals surface area contributed by atoms with E-state index in [4.69, 9.17) is 4.52 Å². The van der Waals surface area contributed by atoms with E-state index in [1.807, 2.05) is 0 Å². The molecular weight excluding hydrogens is 274 g/mol. The standard InChI is InChI=1S/C14H17N3O4/c1-7-9-5-8(6-15-12(9)21-17-7)11(18)16-10(13(19)20)14(2,3)4/h5-6,10H,1-4H3,(H,16,18)(H,19,20). The van der Waals surface area contributed by atoms with Crippen molar-refractivity contribution in [3.63, 3.8) is 0 Å². The number of nitrogens with zero attached hydrogens (tertiary/aromatic N) is 2. The molecule has 7 heteroatoms. The number of carboxylic acids is 1. The zero-order valence-corrected chi connectivity index (χ0v) is 12.3. The summed E-state index contributed by atoms with van der Waals surface area (Å²) in [7, 11) is 0. The molecule has 0 spiro atoms. The number of hydrogen-bond donors (Lipinski definition) is 2. The molecule has 0 aliphatic rings. The minimum Gasteiger partial charge on any atom is -0.480 e. The quantitative estimate of drug-likeness (QED) is 0.892. The Balaban J connectivity index is 2.29. The second-order valence-electron chi connectivity index (χ2n) is 5.96. The first-order chi connectivity index (χ1) is 9.70. The molecule has 0 saturated heterocycles. The largest absolute Gasteiger partial charge is 0.480 e. The van der Waals surface area contributed by atoms with Gasteiger partial charge in [-0.05, 0) is 18.4 Å². The molecule has 2 N–H and O–H groups in total. The summed E-state index contributed by atoms with van der Waals surface area (Å²) in [5.41, 5.74) is 0.628. The van der Waals surface area contributed by atoms with Crippen molar-refractivity contribution in [1.29, 1.82) is 0 Å². The van der Waals surface area contributed by atoms with Crippen LogP contribution in [0, 0.1) is 12.3 Å². The number of hydrogen-bond acceptors (Lipinski definition) is 5. The van der Waals surface area contributed by atoms with E-state index in [1.165, 1.54) is 6.20 Å². The number of nitrogens with one attached hydrogen (secondary N) is 1. The van der Waals surface area contributed by atoms with Crippen LogP contribution in [-0.2, 0) is 4.79 Å². The maximum Gasteiger partial charge on any atom is 0.326 e. The highest BCUT2D eigenvalue weighted by molar-refractivity contribution is 5.98. The number of aliphatic carboxylic acids is 1. The molecule has 2 rings (SSSR count). The van der Waals surface area contributed by atoms with Crippen LogP contribution >= 0.6 is 0 Å². The van der Waals surface area contributed by atoms with E-state index in [2.05, 4.69) is 15.5 Å². The Morgan fingerprint density at radius 3 is 2.62 bits per heavy atom. The van der Waals surface area contributed by atoms with Gasteiger partial charge in [0.1, 0.15) is 6.04 Å². The van der Waals surface area contributed by atoms with Crippen molar-refractivity contribution in [3.05, 3.63) is 23.5 Å². The van der Waals surface area contributed by atoms with Gasteiger partial charge in [0.15, 0.2) is 0 Å². The SMILES string of the molecule is Cc1noc2ncc(C(=O)NC(C(=O)O)C(C)(C)C)cc12. The van der Waals surface area contributed by atoms with Gasteiger partial charge in [-0.1, -0.05) is 25.9 Å². The maximum atomic E-state index is 12.2. The van der Waals surface area contributed by atoms with Crippen molar-refractivity contribution in [2.24, 2.45) is 5.41 Å². The van der Waals surface area contributed by atoms with Crippen LogP contribution in [0.1, 0.15) is 36.8 Å². The Morgan fingerprint density at radius 1 is 1.38 bits per heavy atom. The lowest BCUT2D eigenvalue weighted by atomic mass is 9.86. The Kier molecular flexibility index (Phi) is 3.67. The number of rotatable bonds is 3. The van der Waals surface area contributed by atoms with Crippen LogP contribution < -0.4 is 5.32 Å². The predicted molar refractivity (Wildman–Crippen MR) is 74.9 cm³/mol. The van der Waals surface area contributed by atoms with Crippen LogP contribution in [-0.4, -0.2) is 33.2 Å². The first-order valence-corrected chi connectivity index (χ1v) is 6.46. The van der Waals surface area contributed by atoms with E-state index in [-0.39, 0.29) is 5.56 Å². The molecule has 0 radical (unpaired) electrons. The summed E-state index contributed by atoms with van der Waals surface area (Å²) in [4.78, 5) is 27.5. The molecule has 21 heavy (non-hydrogen) atoms. The molecule has 0 aromatic carbocycles. The molecule has 2 aromatic rings. The molecular formula is C14H17N3O4. The third kappa shape index (κ3) is 3.01.